The SMILES string of the molecule is C[C@H](N[S@@+]([O-])C(C)(C)C)c1ccc(C(C)(C)C#N)cc1. The molecule has 20 heavy (non-hydrogen) atoms. The Labute approximate surface area is 125 Å². The van der Waals surface area contributed by atoms with E-state index in [2.05, 4.69) is 10.8 Å². The van der Waals surface area contributed by atoms with E-state index in [0.717, 1.165) is 11.1 Å². The van der Waals surface area contributed by atoms with Crippen molar-refractivity contribution in [2.24, 2.45) is 0 Å². The van der Waals surface area contributed by atoms with Gasteiger partial charge in [0.25, 0.3) is 0 Å². The van der Waals surface area contributed by atoms with Crippen LogP contribution < -0.4 is 4.72 Å². The maximum absolute atomic E-state index is 12.1. The molecule has 0 fully saturated rings. The van der Waals surface area contributed by atoms with E-state index >= 15 is 0 Å². The lowest BCUT2D eigenvalue weighted by atomic mass is 9.86. The second-order valence-corrected chi connectivity index (χ2v) is 8.58. The van der Waals surface area contributed by atoms with Crippen LogP contribution in [0, 0.1) is 11.3 Å². The zero-order chi connectivity index (χ0) is 15.6. The van der Waals surface area contributed by atoms with Gasteiger partial charge in [-0.15, -0.1) is 4.72 Å². The fourth-order valence-electron chi connectivity index (χ4n) is 1.66. The van der Waals surface area contributed by atoms with Gasteiger partial charge >= 0.3 is 0 Å². The van der Waals surface area contributed by atoms with Crippen molar-refractivity contribution in [3.8, 4) is 6.07 Å². The van der Waals surface area contributed by atoms with Crippen LogP contribution in [0.25, 0.3) is 0 Å². The van der Waals surface area contributed by atoms with Crippen LogP contribution in [0.5, 0.6) is 0 Å². The van der Waals surface area contributed by atoms with Crippen LogP contribution in [0.3, 0.4) is 0 Å². The van der Waals surface area contributed by atoms with Gasteiger partial charge in [-0.2, -0.15) is 5.26 Å². The van der Waals surface area contributed by atoms with Gasteiger partial charge in [-0.05, 0) is 52.7 Å². The zero-order valence-corrected chi connectivity index (χ0v) is 14.0. The Kier molecular flexibility index (Phi) is 5.26. The highest BCUT2D eigenvalue weighted by Crippen LogP contribution is 2.25. The Hall–Kier alpha value is -1.02. The standard InChI is InChI=1S/C16H24N2OS/c1-12(18-20(19)15(2,3)4)13-7-9-14(10-8-13)16(5,6)11-17/h7-10,12,18H,1-6H3/t12-,20-/m0/s1. The Morgan fingerprint density at radius 2 is 1.65 bits per heavy atom. The van der Waals surface area contributed by atoms with Crippen molar-refractivity contribution in [3.05, 3.63) is 35.4 Å². The summed E-state index contributed by atoms with van der Waals surface area (Å²) >= 11 is -1.09. The van der Waals surface area contributed by atoms with E-state index in [-0.39, 0.29) is 10.8 Å². The Morgan fingerprint density at radius 3 is 2.05 bits per heavy atom. The summed E-state index contributed by atoms with van der Waals surface area (Å²) in [4.78, 5) is 0. The molecule has 0 saturated carbocycles. The van der Waals surface area contributed by atoms with Crippen molar-refractivity contribution in [2.45, 2.75) is 57.7 Å². The van der Waals surface area contributed by atoms with Crippen molar-refractivity contribution in [1.29, 1.82) is 5.26 Å². The molecule has 0 unspecified atom stereocenters. The molecule has 3 nitrogen and oxygen atoms in total. The minimum absolute atomic E-state index is 0.00862. The molecule has 0 aliphatic rings. The summed E-state index contributed by atoms with van der Waals surface area (Å²) in [5.41, 5.74) is 1.58. The first kappa shape index (κ1) is 17.0. The molecular weight excluding hydrogens is 268 g/mol. The van der Waals surface area contributed by atoms with Crippen LogP contribution in [0.4, 0.5) is 0 Å². The number of benzene rings is 1. The van der Waals surface area contributed by atoms with Crippen LogP contribution in [0.2, 0.25) is 0 Å². The molecule has 0 radical (unpaired) electrons. The summed E-state index contributed by atoms with van der Waals surface area (Å²) in [6.45, 7) is 11.6. The average Bonchev–Trinajstić information content (AvgIpc) is 2.37. The average molecular weight is 292 g/mol. The fourth-order valence-corrected chi connectivity index (χ4v) is 2.47. The van der Waals surface area contributed by atoms with Gasteiger partial charge in [-0.1, -0.05) is 24.3 Å². The molecule has 2 atom stereocenters. The van der Waals surface area contributed by atoms with Crippen molar-refractivity contribution in [3.63, 3.8) is 0 Å². The lowest BCUT2D eigenvalue weighted by Crippen LogP contribution is -2.40. The third kappa shape index (κ3) is 4.24. The van der Waals surface area contributed by atoms with Crippen LogP contribution in [0.1, 0.15) is 58.7 Å². The van der Waals surface area contributed by atoms with Crippen LogP contribution in [-0.4, -0.2) is 9.30 Å². The fraction of sp³-hybridized carbons (Fsp3) is 0.562. The number of hydrogen-bond acceptors (Lipinski definition) is 3. The maximum Gasteiger partial charge on any atom is 0.136 e. The number of nitrogens with one attached hydrogen (secondary N) is 1. The number of hydrogen-bond donors (Lipinski definition) is 1. The molecule has 0 heterocycles. The van der Waals surface area contributed by atoms with Crippen molar-refractivity contribution < 1.29 is 4.55 Å². The third-order valence-electron chi connectivity index (χ3n) is 3.25. The molecule has 0 aromatic heterocycles. The van der Waals surface area contributed by atoms with Crippen molar-refractivity contribution >= 4 is 11.4 Å². The zero-order valence-electron chi connectivity index (χ0n) is 13.2. The normalized spacial score (nSPS) is 15.5. The molecule has 0 amide bonds. The second kappa shape index (κ2) is 6.17. The van der Waals surface area contributed by atoms with Crippen LogP contribution >= 0.6 is 0 Å². The summed E-state index contributed by atoms with van der Waals surface area (Å²) in [5.74, 6) is 0. The van der Waals surface area contributed by atoms with E-state index in [1.807, 2.05) is 65.8 Å². The van der Waals surface area contributed by atoms with Crippen molar-refractivity contribution in [2.75, 3.05) is 0 Å². The highest BCUT2D eigenvalue weighted by Gasteiger charge is 2.28. The van der Waals surface area contributed by atoms with Crippen molar-refractivity contribution in [1.82, 2.24) is 4.72 Å². The third-order valence-corrected chi connectivity index (χ3v) is 4.93. The second-order valence-electron chi connectivity index (χ2n) is 6.58. The van der Waals surface area contributed by atoms with Gasteiger partial charge in [-0.3, -0.25) is 0 Å². The molecule has 1 aromatic rings. The molecule has 1 rings (SSSR count). The highest BCUT2D eigenvalue weighted by atomic mass is 32.2. The van der Waals surface area contributed by atoms with Gasteiger partial charge in [0, 0.05) is 11.4 Å². The maximum atomic E-state index is 12.1. The van der Waals surface area contributed by atoms with Gasteiger partial charge in [0.15, 0.2) is 0 Å². The molecule has 0 saturated heterocycles. The molecule has 0 bridgehead atoms. The van der Waals surface area contributed by atoms with Crippen LogP contribution in [-0.2, 0) is 16.8 Å². The van der Waals surface area contributed by atoms with Crippen LogP contribution in [0.15, 0.2) is 24.3 Å². The molecule has 0 aliphatic heterocycles. The molecular formula is C16H24N2OS. The number of nitrogens with zero attached hydrogens (tertiary/aromatic N) is 1. The topological polar surface area (TPSA) is 58.9 Å². The van der Waals surface area contributed by atoms with E-state index in [0.29, 0.717) is 0 Å². The van der Waals surface area contributed by atoms with Gasteiger partial charge < -0.3 is 4.55 Å². The first-order chi connectivity index (χ1) is 9.08. The summed E-state index contributed by atoms with van der Waals surface area (Å²) in [7, 11) is 0. The summed E-state index contributed by atoms with van der Waals surface area (Å²) < 4.78 is 14.9. The van der Waals surface area contributed by atoms with Gasteiger partial charge in [0.05, 0.1) is 17.5 Å². The molecule has 1 aromatic carbocycles. The van der Waals surface area contributed by atoms with E-state index in [1.54, 1.807) is 0 Å². The highest BCUT2D eigenvalue weighted by molar-refractivity contribution is 7.90. The minimum Gasteiger partial charge on any atom is -0.598 e. The minimum atomic E-state index is -1.09. The van der Waals surface area contributed by atoms with E-state index in [9.17, 15) is 4.55 Å². The number of rotatable bonds is 4. The monoisotopic (exact) mass is 292 g/mol. The molecule has 1 N–H and O–H groups in total. The van der Waals surface area contributed by atoms with Gasteiger partial charge in [0.1, 0.15) is 4.75 Å². The van der Waals surface area contributed by atoms with E-state index in [4.69, 9.17) is 5.26 Å². The predicted molar refractivity (Wildman–Crippen MR) is 84.5 cm³/mol. The quantitative estimate of drug-likeness (QED) is 0.863. The largest absolute Gasteiger partial charge is 0.598 e. The lowest BCUT2D eigenvalue weighted by Gasteiger charge is -2.26. The molecule has 0 spiro atoms. The number of nitriles is 1. The lowest BCUT2D eigenvalue weighted by molar-refractivity contribution is 0.531. The van der Waals surface area contributed by atoms with E-state index in [1.165, 1.54) is 0 Å². The van der Waals surface area contributed by atoms with Gasteiger partial charge in [0.2, 0.25) is 0 Å². The first-order valence-corrected chi connectivity index (χ1v) is 7.92. The Morgan fingerprint density at radius 1 is 1.15 bits per heavy atom. The summed E-state index contributed by atoms with van der Waals surface area (Å²) in [6.07, 6.45) is 0. The first-order valence-electron chi connectivity index (χ1n) is 6.77. The Bertz CT molecular complexity index is 483. The summed E-state index contributed by atoms with van der Waals surface area (Å²) in [6, 6.07) is 10.2. The van der Waals surface area contributed by atoms with Gasteiger partial charge in [-0.25, -0.2) is 0 Å². The van der Waals surface area contributed by atoms with E-state index < -0.39 is 16.8 Å². The molecule has 0 aliphatic carbocycles. The Balaban J connectivity index is 2.82. The molecule has 4 heteroatoms. The molecule has 110 valence electrons. The summed E-state index contributed by atoms with van der Waals surface area (Å²) in [5, 5.41) is 9.13. The predicted octanol–water partition coefficient (Wildman–Crippen LogP) is 3.60. The smallest absolute Gasteiger partial charge is 0.136 e.